The summed E-state index contributed by atoms with van der Waals surface area (Å²) in [6.07, 6.45) is 10.2. The van der Waals surface area contributed by atoms with Crippen LogP contribution in [0.15, 0.2) is 30.7 Å². The van der Waals surface area contributed by atoms with Crippen molar-refractivity contribution in [2.75, 3.05) is 12.0 Å². The lowest BCUT2D eigenvalue weighted by molar-refractivity contribution is -0.119. The summed E-state index contributed by atoms with van der Waals surface area (Å²) in [6.45, 7) is 0. The van der Waals surface area contributed by atoms with Gasteiger partial charge in [-0.05, 0) is 37.7 Å². The predicted molar refractivity (Wildman–Crippen MR) is 87.5 cm³/mol. The third kappa shape index (κ3) is 3.27. The Labute approximate surface area is 134 Å². The first-order valence-corrected chi connectivity index (χ1v) is 8.72. The highest BCUT2D eigenvalue weighted by Gasteiger charge is 2.23. The van der Waals surface area contributed by atoms with Crippen LogP contribution in [0.4, 0.5) is 0 Å². The molecule has 1 amide bonds. The van der Waals surface area contributed by atoms with Gasteiger partial charge in [0, 0.05) is 35.4 Å². The van der Waals surface area contributed by atoms with Crippen LogP contribution < -0.4 is 5.32 Å². The van der Waals surface area contributed by atoms with Gasteiger partial charge in [0.15, 0.2) is 5.82 Å². The van der Waals surface area contributed by atoms with Crippen LogP contribution in [-0.2, 0) is 11.2 Å². The van der Waals surface area contributed by atoms with Crippen molar-refractivity contribution in [2.24, 2.45) is 0 Å². The normalized spacial score (nSPS) is 16.9. The largest absolute Gasteiger partial charge is 0.348 e. The maximum Gasteiger partial charge on any atom is 0.230 e. The number of hydrogen-bond donors (Lipinski definition) is 1. The molecule has 3 rings (SSSR count). The first kappa shape index (κ1) is 15.0. The number of aryl methyl sites for hydroxylation is 1. The van der Waals surface area contributed by atoms with Crippen LogP contribution in [0, 0.1) is 0 Å². The van der Waals surface area contributed by atoms with Gasteiger partial charge in [-0.25, -0.2) is 9.97 Å². The van der Waals surface area contributed by atoms with E-state index in [1.54, 1.807) is 12.4 Å². The Hall–Kier alpha value is -1.95. The minimum Gasteiger partial charge on any atom is -0.348 e. The maximum absolute atomic E-state index is 11.8. The molecule has 114 valence electrons. The van der Waals surface area contributed by atoms with E-state index in [1.807, 2.05) is 24.6 Å². The topological polar surface area (TPSA) is 67.8 Å². The number of carbonyl (C=O) groups excluding carboxylic acids is 1. The minimum absolute atomic E-state index is 0.0337. The van der Waals surface area contributed by atoms with Crippen molar-refractivity contribution in [3.8, 4) is 11.4 Å². The summed E-state index contributed by atoms with van der Waals surface area (Å²) in [5, 5.41) is 3.08. The molecule has 0 radical (unpaired) electrons. The number of carbonyl (C=O) groups is 1. The lowest BCUT2D eigenvalue weighted by atomic mass is 9.92. The molecule has 1 N–H and O–H groups in total. The third-order valence-electron chi connectivity index (χ3n) is 3.71. The number of hydrogen-bond acceptors (Lipinski definition) is 5. The number of amides is 1. The van der Waals surface area contributed by atoms with E-state index in [0.717, 1.165) is 36.1 Å². The van der Waals surface area contributed by atoms with E-state index >= 15 is 0 Å². The number of thioether (sulfide) groups is 1. The second-order valence-electron chi connectivity index (χ2n) is 5.28. The first-order chi connectivity index (χ1) is 10.8. The number of nitrogens with zero attached hydrogens (tertiary/aromatic N) is 3. The minimum atomic E-state index is 0.0337. The molecule has 2 aromatic heterocycles. The van der Waals surface area contributed by atoms with Crippen molar-refractivity contribution in [2.45, 2.75) is 25.3 Å². The number of rotatable bonds is 4. The van der Waals surface area contributed by atoms with Crippen LogP contribution in [0.1, 0.15) is 30.1 Å². The summed E-state index contributed by atoms with van der Waals surface area (Å²) in [4.78, 5) is 25.1. The first-order valence-electron chi connectivity index (χ1n) is 7.32. The molecular formula is C16H18N4OS. The summed E-state index contributed by atoms with van der Waals surface area (Å²) < 4.78 is 0. The Morgan fingerprint density at radius 2 is 2.36 bits per heavy atom. The highest BCUT2D eigenvalue weighted by molar-refractivity contribution is 7.99. The molecule has 6 heteroatoms. The fourth-order valence-corrected chi connectivity index (χ4v) is 3.04. The van der Waals surface area contributed by atoms with Gasteiger partial charge in [-0.2, -0.15) is 11.8 Å². The van der Waals surface area contributed by atoms with E-state index in [-0.39, 0.29) is 11.9 Å². The molecular weight excluding hydrogens is 296 g/mol. The summed E-state index contributed by atoms with van der Waals surface area (Å²) in [7, 11) is 0. The van der Waals surface area contributed by atoms with E-state index in [9.17, 15) is 4.79 Å². The molecule has 0 spiro atoms. The van der Waals surface area contributed by atoms with Crippen LogP contribution in [0.5, 0.6) is 0 Å². The van der Waals surface area contributed by atoms with Gasteiger partial charge in [0.1, 0.15) is 0 Å². The molecule has 0 saturated heterocycles. The fraction of sp³-hybridized carbons (Fsp3) is 0.375. The molecule has 1 aliphatic rings. The molecule has 0 unspecified atom stereocenters. The Kier molecular flexibility index (Phi) is 4.68. The van der Waals surface area contributed by atoms with Crippen LogP contribution >= 0.6 is 11.8 Å². The lowest BCUT2D eigenvalue weighted by Crippen LogP contribution is -2.32. The molecule has 2 heterocycles. The lowest BCUT2D eigenvalue weighted by Gasteiger charge is -2.25. The van der Waals surface area contributed by atoms with Gasteiger partial charge in [-0.3, -0.25) is 9.78 Å². The van der Waals surface area contributed by atoms with Gasteiger partial charge < -0.3 is 5.32 Å². The molecule has 1 atom stereocenters. The average molecular weight is 314 g/mol. The molecule has 0 fully saturated rings. The van der Waals surface area contributed by atoms with Gasteiger partial charge in [-0.1, -0.05) is 0 Å². The number of pyridine rings is 1. The van der Waals surface area contributed by atoms with E-state index in [1.165, 1.54) is 11.8 Å². The van der Waals surface area contributed by atoms with Crippen LogP contribution in [0.2, 0.25) is 0 Å². The van der Waals surface area contributed by atoms with E-state index in [4.69, 9.17) is 0 Å². The molecule has 0 aromatic carbocycles. The van der Waals surface area contributed by atoms with Crippen molar-refractivity contribution in [1.82, 2.24) is 20.3 Å². The Bertz CT molecular complexity index is 662. The van der Waals surface area contributed by atoms with Gasteiger partial charge >= 0.3 is 0 Å². The second kappa shape index (κ2) is 6.87. The van der Waals surface area contributed by atoms with Gasteiger partial charge in [0.05, 0.1) is 11.8 Å². The molecule has 2 aromatic rings. The average Bonchev–Trinajstić information content (AvgIpc) is 2.56. The smallest absolute Gasteiger partial charge is 0.230 e. The quantitative estimate of drug-likeness (QED) is 0.938. The zero-order valence-corrected chi connectivity index (χ0v) is 13.3. The van der Waals surface area contributed by atoms with Crippen LogP contribution in [0.3, 0.4) is 0 Å². The number of fused-ring (bicyclic) bond motifs is 1. The predicted octanol–water partition coefficient (Wildman–Crippen LogP) is 2.40. The Balaban J connectivity index is 1.85. The summed E-state index contributed by atoms with van der Waals surface area (Å²) in [5.41, 5.74) is 3.00. The molecule has 0 bridgehead atoms. The molecule has 5 nitrogen and oxygen atoms in total. The summed E-state index contributed by atoms with van der Waals surface area (Å²) >= 11 is 1.53. The van der Waals surface area contributed by atoms with Crippen LogP contribution in [-0.4, -0.2) is 32.9 Å². The van der Waals surface area contributed by atoms with Crippen molar-refractivity contribution in [3.63, 3.8) is 0 Å². The molecule has 0 saturated carbocycles. The molecule has 0 aliphatic heterocycles. The van der Waals surface area contributed by atoms with E-state index < -0.39 is 0 Å². The number of aromatic nitrogens is 3. The van der Waals surface area contributed by atoms with Crippen molar-refractivity contribution in [3.05, 3.63) is 42.0 Å². The zero-order valence-electron chi connectivity index (χ0n) is 12.5. The molecule has 1 aliphatic carbocycles. The SMILES string of the molecule is CSCC(=O)N[C@H]1CCCc2nc(-c3cccnc3)ncc21. The monoisotopic (exact) mass is 314 g/mol. The summed E-state index contributed by atoms with van der Waals surface area (Å²) in [5.74, 6) is 1.25. The standard InChI is InChI=1S/C16H18N4OS/c1-22-10-15(21)19-13-5-2-6-14-12(13)9-18-16(20-14)11-4-3-7-17-8-11/h3-4,7-9,13H,2,5-6,10H2,1H3,(H,19,21)/t13-/m0/s1. The number of nitrogens with one attached hydrogen (secondary N) is 1. The summed E-state index contributed by atoms with van der Waals surface area (Å²) in [6, 6.07) is 3.87. The highest BCUT2D eigenvalue weighted by Crippen LogP contribution is 2.29. The van der Waals surface area contributed by atoms with Gasteiger partial charge in [0.25, 0.3) is 0 Å². The van der Waals surface area contributed by atoms with Crippen molar-refractivity contribution < 1.29 is 4.79 Å². The maximum atomic E-state index is 11.8. The highest BCUT2D eigenvalue weighted by atomic mass is 32.2. The van der Waals surface area contributed by atoms with Crippen LogP contribution in [0.25, 0.3) is 11.4 Å². The fourth-order valence-electron chi connectivity index (χ4n) is 2.70. The van der Waals surface area contributed by atoms with Gasteiger partial charge in [-0.15, -0.1) is 0 Å². The van der Waals surface area contributed by atoms with Gasteiger partial charge in [0.2, 0.25) is 5.91 Å². The Morgan fingerprint density at radius 3 is 3.14 bits per heavy atom. The molecule has 22 heavy (non-hydrogen) atoms. The van der Waals surface area contributed by atoms with E-state index in [2.05, 4.69) is 20.3 Å². The second-order valence-corrected chi connectivity index (χ2v) is 6.15. The Morgan fingerprint density at radius 1 is 1.45 bits per heavy atom. The van der Waals surface area contributed by atoms with Crippen molar-refractivity contribution in [1.29, 1.82) is 0 Å². The zero-order chi connectivity index (χ0) is 15.4. The van der Waals surface area contributed by atoms with E-state index in [0.29, 0.717) is 11.6 Å². The van der Waals surface area contributed by atoms with Crippen molar-refractivity contribution >= 4 is 17.7 Å². The third-order valence-corrected chi connectivity index (χ3v) is 4.26.